The van der Waals surface area contributed by atoms with Crippen molar-refractivity contribution in [3.05, 3.63) is 35.1 Å². The van der Waals surface area contributed by atoms with Crippen LogP contribution in [0, 0.1) is 5.82 Å². The van der Waals surface area contributed by atoms with Gasteiger partial charge in [0.25, 0.3) is 0 Å². The molecule has 2 rings (SSSR count). The number of carbonyl (C=O) groups is 2. The van der Waals surface area contributed by atoms with Gasteiger partial charge in [-0.25, -0.2) is 9.18 Å². The predicted octanol–water partition coefficient (Wildman–Crippen LogP) is 1.99. The third-order valence-electron chi connectivity index (χ3n) is 2.50. The lowest BCUT2D eigenvalue weighted by Gasteiger charge is -2.09. The van der Waals surface area contributed by atoms with E-state index in [4.69, 9.17) is 9.47 Å². The molecule has 1 aliphatic rings. The van der Waals surface area contributed by atoms with Gasteiger partial charge in [0.05, 0.1) is 13.0 Å². The van der Waals surface area contributed by atoms with E-state index in [0.29, 0.717) is 5.56 Å². The van der Waals surface area contributed by atoms with Gasteiger partial charge in [-0.15, -0.1) is 0 Å². The van der Waals surface area contributed by atoms with Gasteiger partial charge in [0, 0.05) is 5.56 Å². The van der Waals surface area contributed by atoms with E-state index in [1.807, 2.05) is 0 Å². The van der Waals surface area contributed by atoms with Crippen LogP contribution in [0.2, 0.25) is 0 Å². The topological polar surface area (TPSA) is 52.6 Å². The molecule has 1 heterocycles. The third-order valence-corrected chi connectivity index (χ3v) is 2.50. The largest absolute Gasteiger partial charge is 0.466 e. The molecular formula is C12H11FO4. The van der Waals surface area contributed by atoms with Crippen molar-refractivity contribution in [2.24, 2.45) is 0 Å². The molecule has 0 N–H and O–H groups in total. The number of benzene rings is 1. The summed E-state index contributed by atoms with van der Waals surface area (Å²) in [7, 11) is 0. The number of hydrogen-bond donors (Lipinski definition) is 0. The summed E-state index contributed by atoms with van der Waals surface area (Å²) in [6.45, 7) is 1.95. The maximum atomic E-state index is 13.4. The van der Waals surface area contributed by atoms with Crippen LogP contribution in [0.5, 0.6) is 0 Å². The van der Waals surface area contributed by atoms with Gasteiger partial charge in [-0.05, 0) is 13.0 Å². The van der Waals surface area contributed by atoms with Crippen molar-refractivity contribution in [3.8, 4) is 0 Å². The summed E-state index contributed by atoms with van der Waals surface area (Å²) < 4.78 is 23.1. The van der Waals surface area contributed by atoms with Crippen molar-refractivity contribution in [1.82, 2.24) is 0 Å². The zero-order chi connectivity index (χ0) is 12.4. The Morgan fingerprint density at radius 2 is 2.29 bits per heavy atom. The lowest BCUT2D eigenvalue weighted by Crippen LogP contribution is -2.10. The molecule has 0 aliphatic carbocycles. The molecule has 90 valence electrons. The number of fused-ring (bicyclic) bond motifs is 1. The quantitative estimate of drug-likeness (QED) is 0.755. The standard InChI is InChI=1S/C12H11FO4/c1-2-16-10(14)6-9-7-4-3-5-8(13)11(7)12(15)17-9/h3-5,9H,2,6H2,1H3/t9-/m1/s1. The summed E-state index contributed by atoms with van der Waals surface area (Å²) in [4.78, 5) is 22.7. The van der Waals surface area contributed by atoms with E-state index in [-0.39, 0.29) is 18.6 Å². The maximum absolute atomic E-state index is 13.4. The van der Waals surface area contributed by atoms with Crippen LogP contribution in [0.15, 0.2) is 18.2 Å². The molecule has 0 saturated heterocycles. The highest BCUT2D eigenvalue weighted by Gasteiger charge is 2.35. The van der Waals surface area contributed by atoms with Crippen LogP contribution in [-0.4, -0.2) is 18.5 Å². The highest BCUT2D eigenvalue weighted by Crippen LogP contribution is 2.34. The van der Waals surface area contributed by atoms with E-state index in [2.05, 4.69) is 0 Å². The smallest absolute Gasteiger partial charge is 0.342 e. The first-order valence-electron chi connectivity index (χ1n) is 5.28. The molecule has 17 heavy (non-hydrogen) atoms. The number of esters is 2. The van der Waals surface area contributed by atoms with Crippen LogP contribution in [0.4, 0.5) is 4.39 Å². The second-order valence-electron chi connectivity index (χ2n) is 3.61. The van der Waals surface area contributed by atoms with Gasteiger partial charge in [-0.3, -0.25) is 4.79 Å². The Hall–Kier alpha value is -1.91. The Balaban J connectivity index is 2.23. The lowest BCUT2D eigenvalue weighted by molar-refractivity contribution is -0.145. The van der Waals surface area contributed by atoms with E-state index in [9.17, 15) is 14.0 Å². The van der Waals surface area contributed by atoms with Gasteiger partial charge >= 0.3 is 11.9 Å². The fourth-order valence-electron chi connectivity index (χ4n) is 1.80. The van der Waals surface area contributed by atoms with Crippen LogP contribution in [-0.2, 0) is 14.3 Å². The molecule has 0 bridgehead atoms. The van der Waals surface area contributed by atoms with Gasteiger partial charge in [0.15, 0.2) is 0 Å². The Morgan fingerprint density at radius 1 is 1.53 bits per heavy atom. The summed E-state index contributed by atoms with van der Waals surface area (Å²) in [5.74, 6) is -1.83. The molecule has 4 nitrogen and oxygen atoms in total. The average Bonchev–Trinajstić information content (AvgIpc) is 2.57. The summed E-state index contributed by atoms with van der Waals surface area (Å²) in [5.41, 5.74) is 0.324. The molecule has 0 fully saturated rings. The molecule has 0 saturated carbocycles. The van der Waals surface area contributed by atoms with Crippen LogP contribution in [0.25, 0.3) is 0 Å². The van der Waals surface area contributed by atoms with E-state index in [1.165, 1.54) is 12.1 Å². The van der Waals surface area contributed by atoms with Gasteiger partial charge in [0.2, 0.25) is 0 Å². The predicted molar refractivity (Wildman–Crippen MR) is 55.8 cm³/mol. The molecule has 0 radical (unpaired) electrons. The highest BCUT2D eigenvalue weighted by molar-refractivity contribution is 5.94. The number of hydrogen-bond acceptors (Lipinski definition) is 4. The van der Waals surface area contributed by atoms with Crippen molar-refractivity contribution < 1.29 is 23.5 Å². The molecule has 0 spiro atoms. The molecule has 0 unspecified atom stereocenters. The number of rotatable bonds is 3. The molecule has 1 aliphatic heterocycles. The second kappa shape index (κ2) is 4.53. The van der Waals surface area contributed by atoms with Crippen LogP contribution in [0.1, 0.15) is 35.4 Å². The zero-order valence-electron chi connectivity index (χ0n) is 9.23. The van der Waals surface area contributed by atoms with Gasteiger partial charge in [-0.2, -0.15) is 0 Å². The van der Waals surface area contributed by atoms with Crippen molar-refractivity contribution in [3.63, 3.8) is 0 Å². The fourth-order valence-corrected chi connectivity index (χ4v) is 1.80. The van der Waals surface area contributed by atoms with Gasteiger partial charge in [-0.1, -0.05) is 12.1 Å². The van der Waals surface area contributed by atoms with Crippen LogP contribution >= 0.6 is 0 Å². The molecule has 0 amide bonds. The maximum Gasteiger partial charge on any atom is 0.342 e. The lowest BCUT2D eigenvalue weighted by atomic mass is 10.0. The Morgan fingerprint density at radius 3 is 3.00 bits per heavy atom. The van der Waals surface area contributed by atoms with E-state index < -0.39 is 23.9 Å². The molecule has 0 aromatic heterocycles. The van der Waals surface area contributed by atoms with Crippen LogP contribution in [0.3, 0.4) is 0 Å². The Bertz CT molecular complexity index is 470. The first-order valence-corrected chi connectivity index (χ1v) is 5.28. The van der Waals surface area contributed by atoms with Crippen molar-refractivity contribution in [2.75, 3.05) is 6.61 Å². The normalized spacial score (nSPS) is 17.5. The highest BCUT2D eigenvalue weighted by atomic mass is 19.1. The summed E-state index contributed by atoms with van der Waals surface area (Å²) in [6, 6.07) is 4.24. The van der Waals surface area contributed by atoms with E-state index >= 15 is 0 Å². The fraction of sp³-hybridized carbons (Fsp3) is 0.333. The minimum Gasteiger partial charge on any atom is -0.466 e. The minimum absolute atomic E-state index is 0.0817. The number of carbonyl (C=O) groups excluding carboxylic acids is 2. The average molecular weight is 238 g/mol. The van der Waals surface area contributed by atoms with Gasteiger partial charge < -0.3 is 9.47 Å². The summed E-state index contributed by atoms with van der Waals surface area (Å²) in [5, 5.41) is 0. The molecule has 5 heteroatoms. The zero-order valence-corrected chi connectivity index (χ0v) is 9.23. The Labute approximate surface area is 97.3 Å². The molecule has 1 aromatic rings. The SMILES string of the molecule is CCOC(=O)C[C@H]1OC(=O)c2c(F)cccc21. The first-order chi connectivity index (χ1) is 8.13. The van der Waals surface area contributed by atoms with Gasteiger partial charge in [0.1, 0.15) is 17.5 Å². The molecule has 1 aromatic carbocycles. The number of cyclic esters (lactones) is 1. The number of halogens is 1. The van der Waals surface area contributed by atoms with Crippen LogP contribution < -0.4 is 0 Å². The van der Waals surface area contributed by atoms with Crippen molar-refractivity contribution >= 4 is 11.9 Å². The van der Waals surface area contributed by atoms with Crippen molar-refractivity contribution in [1.29, 1.82) is 0 Å². The minimum atomic E-state index is -0.743. The van der Waals surface area contributed by atoms with E-state index in [1.54, 1.807) is 13.0 Å². The monoisotopic (exact) mass is 238 g/mol. The summed E-state index contributed by atoms with van der Waals surface area (Å²) >= 11 is 0. The first kappa shape index (κ1) is 11.6. The summed E-state index contributed by atoms with van der Waals surface area (Å²) in [6.07, 6.45) is -0.831. The second-order valence-corrected chi connectivity index (χ2v) is 3.61. The third kappa shape index (κ3) is 2.13. The molecular weight excluding hydrogens is 227 g/mol. The molecule has 1 atom stereocenters. The number of ether oxygens (including phenoxy) is 2. The van der Waals surface area contributed by atoms with E-state index in [0.717, 1.165) is 0 Å². The van der Waals surface area contributed by atoms with Crippen molar-refractivity contribution in [2.45, 2.75) is 19.4 Å². The Kier molecular flexibility index (Phi) is 3.08.